The molecule has 2 aromatic heterocycles. The molecule has 3 rings (SSSR count). The van der Waals surface area contributed by atoms with Crippen molar-refractivity contribution in [1.29, 1.82) is 0 Å². The summed E-state index contributed by atoms with van der Waals surface area (Å²) in [5.41, 5.74) is 9.20. The van der Waals surface area contributed by atoms with E-state index >= 15 is 0 Å². The van der Waals surface area contributed by atoms with E-state index in [-0.39, 0.29) is 24.3 Å². The Kier molecular flexibility index (Phi) is 7.06. The molecule has 1 unspecified atom stereocenters. The Bertz CT molecular complexity index is 1060. The van der Waals surface area contributed by atoms with E-state index in [1.165, 1.54) is 0 Å². The fraction of sp³-hybridized carbons (Fsp3) is 0.455. The van der Waals surface area contributed by atoms with Gasteiger partial charge in [0.1, 0.15) is 5.75 Å². The number of methoxy groups -OCH3 is 1. The van der Waals surface area contributed by atoms with E-state index in [0.29, 0.717) is 12.3 Å². The van der Waals surface area contributed by atoms with Crippen LogP contribution in [-0.2, 0) is 11.2 Å². The SMILES string of the molecule is CCN(CC)C(CNC(=O)Cc1c(C)nc2nc(N)nn2c1C)c1cccc(OC)c1. The summed E-state index contributed by atoms with van der Waals surface area (Å²) < 4.78 is 6.97. The highest BCUT2D eigenvalue weighted by molar-refractivity contribution is 5.79. The highest BCUT2D eigenvalue weighted by Gasteiger charge is 2.21. The molecule has 3 N–H and O–H groups in total. The number of carbonyl (C=O) groups is 1. The number of ether oxygens (including phenoxy) is 1. The fourth-order valence-corrected chi connectivity index (χ4v) is 3.88. The number of carbonyl (C=O) groups excluding carboxylic acids is 1. The van der Waals surface area contributed by atoms with Gasteiger partial charge in [-0.15, -0.1) is 5.10 Å². The Hall–Kier alpha value is -3.20. The van der Waals surface area contributed by atoms with Crippen LogP contribution in [0.4, 0.5) is 5.95 Å². The van der Waals surface area contributed by atoms with Crippen LogP contribution in [-0.4, -0.2) is 57.1 Å². The number of benzene rings is 1. The van der Waals surface area contributed by atoms with Crippen LogP contribution in [0.2, 0.25) is 0 Å². The van der Waals surface area contributed by atoms with Crippen molar-refractivity contribution in [2.45, 2.75) is 40.2 Å². The van der Waals surface area contributed by atoms with Crippen molar-refractivity contribution < 1.29 is 9.53 Å². The number of likely N-dealkylation sites (N-methyl/N-ethyl adjacent to an activating group) is 1. The van der Waals surface area contributed by atoms with E-state index in [9.17, 15) is 4.79 Å². The number of fused-ring (bicyclic) bond motifs is 1. The molecule has 0 radical (unpaired) electrons. The number of rotatable bonds is 9. The molecule has 1 amide bonds. The summed E-state index contributed by atoms with van der Waals surface area (Å²) in [5, 5.41) is 7.27. The molecule has 31 heavy (non-hydrogen) atoms. The molecule has 0 saturated heterocycles. The molecule has 0 spiro atoms. The van der Waals surface area contributed by atoms with Crippen LogP contribution >= 0.6 is 0 Å². The lowest BCUT2D eigenvalue weighted by Crippen LogP contribution is -2.38. The van der Waals surface area contributed by atoms with E-state index in [0.717, 1.165) is 41.4 Å². The van der Waals surface area contributed by atoms with Crippen molar-refractivity contribution in [1.82, 2.24) is 29.8 Å². The summed E-state index contributed by atoms with van der Waals surface area (Å²) in [5.74, 6) is 1.34. The van der Waals surface area contributed by atoms with E-state index in [1.54, 1.807) is 11.6 Å². The quantitative estimate of drug-likeness (QED) is 0.540. The zero-order valence-corrected chi connectivity index (χ0v) is 18.8. The highest BCUT2D eigenvalue weighted by Crippen LogP contribution is 2.24. The lowest BCUT2D eigenvalue weighted by atomic mass is 10.0. The summed E-state index contributed by atoms with van der Waals surface area (Å²) in [6.45, 7) is 10.3. The molecule has 9 nitrogen and oxygen atoms in total. The predicted octanol–water partition coefficient (Wildman–Crippen LogP) is 2.07. The van der Waals surface area contributed by atoms with E-state index in [2.05, 4.69) is 45.2 Å². The van der Waals surface area contributed by atoms with Gasteiger partial charge in [0.05, 0.1) is 19.6 Å². The van der Waals surface area contributed by atoms with Crippen molar-refractivity contribution >= 4 is 17.6 Å². The summed E-state index contributed by atoms with van der Waals surface area (Å²) in [7, 11) is 1.66. The number of hydrogen-bond donors (Lipinski definition) is 2. The second-order valence-corrected chi connectivity index (χ2v) is 7.44. The Morgan fingerprint density at radius 1 is 1.26 bits per heavy atom. The van der Waals surface area contributed by atoms with Crippen molar-refractivity contribution in [3.63, 3.8) is 0 Å². The third-order valence-corrected chi connectivity index (χ3v) is 5.63. The molecule has 0 aliphatic rings. The summed E-state index contributed by atoms with van der Waals surface area (Å²) >= 11 is 0. The van der Waals surface area contributed by atoms with Gasteiger partial charge in [0, 0.05) is 23.5 Å². The molecule has 0 aliphatic heterocycles. The van der Waals surface area contributed by atoms with Gasteiger partial charge < -0.3 is 15.8 Å². The number of anilines is 1. The molecular weight excluding hydrogens is 394 g/mol. The van der Waals surface area contributed by atoms with Crippen LogP contribution in [0.5, 0.6) is 5.75 Å². The third-order valence-electron chi connectivity index (χ3n) is 5.63. The van der Waals surface area contributed by atoms with Crippen LogP contribution in [0.25, 0.3) is 5.78 Å². The van der Waals surface area contributed by atoms with Crippen molar-refractivity contribution in [3.8, 4) is 5.75 Å². The maximum absolute atomic E-state index is 12.9. The normalized spacial score (nSPS) is 12.3. The van der Waals surface area contributed by atoms with Gasteiger partial charge in [-0.3, -0.25) is 9.69 Å². The van der Waals surface area contributed by atoms with Crippen molar-refractivity contribution in [3.05, 3.63) is 46.8 Å². The average Bonchev–Trinajstić information content (AvgIpc) is 3.14. The molecule has 0 saturated carbocycles. The minimum atomic E-state index is -0.0690. The van der Waals surface area contributed by atoms with Gasteiger partial charge in [0.2, 0.25) is 11.9 Å². The van der Waals surface area contributed by atoms with Crippen LogP contribution in [0.15, 0.2) is 24.3 Å². The highest BCUT2D eigenvalue weighted by atomic mass is 16.5. The number of amides is 1. The monoisotopic (exact) mass is 425 g/mol. The largest absolute Gasteiger partial charge is 0.497 e. The molecule has 0 bridgehead atoms. The van der Waals surface area contributed by atoms with Gasteiger partial charge in [-0.2, -0.15) is 9.50 Å². The molecule has 1 aromatic carbocycles. The third kappa shape index (κ3) is 4.93. The zero-order valence-electron chi connectivity index (χ0n) is 18.8. The van der Waals surface area contributed by atoms with Crippen LogP contribution in [0, 0.1) is 13.8 Å². The number of nitrogens with two attached hydrogens (primary N) is 1. The Morgan fingerprint density at radius 2 is 2.00 bits per heavy atom. The first-order valence-electron chi connectivity index (χ1n) is 10.5. The number of nitrogens with one attached hydrogen (secondary N) is 1. The van der Waals surface area contributed by atoms with Crippen LogP contribution < -0.4 is 15.8 Å². The van der Waals surface area contributed by atoms with Crippen LogP contribution in [0.1, 0.15) is 42.4 Å². The molecule has 166 valence electrons. The summed E-state index contributed by atoms with van der Waals surface area (Å²) in [6, 6.07) is 8.04. The maximum Gasteiger partial charge on any atom is 0.254 e. The summed E-state index contributed by atoms with van der Waals surface area (Å²) in [6.07, 6.45) is 0.212. The topological polar surface area (TPSA) is 111 Å². The average molecular weight is 426 g/mol. The number of hydrogen-bond acceptors (Lipinski definition) is 7. The molecule has 0 fully saturated rings. The molecular formula is C22H31N7O2. The maximum atomic E-state index is 12.9. The standard InChI is InChI=1S/C22H31N7O2/c1-6-28(7-2)19(16-9-8-10-17(11-16)31-5)13-24-20(30)12-18-14(3)25-22-26-21(23)27-29(22)15(18)4/h8-11,19H,6-7,12-13H2,1-5H3,(H2,23,27)(H,24,30). The van der Waals surface area contributed by atoms with Crippen LogP contribution in [0.3, 0.4) is 0 Å². The molecule has 3 aromatic rings. The lowest BCUT2D eigenvalue weighted by molar-refractivity contribution is -0.120. The minimum Gasteiger partial charge on any atom is -0.497 e. The van der Waals surface area contributed by atoms with Crippen molar-refractivity contribution in [2.75, 3.05) is 32.5 Å². The first-order chi connectivity index (χ1) is 14.9. The fourth-order valence-electron chi connectivity index (χ4n) is 3.88. The van der Waals surface area contributed by atoms with Crippen molar-refractivity contribution in [2.24, 2.45) is 0 Å². The lowest BCUT2D eigenvalue weighted by Gasteiger charge is -2.30. The first kappa shape index (κ1) is 22.5. The number of aryl methyl sites for hydroxylation is 2. The second-order valence-electron chi connectivity index (χ2n) is 7.44. The van der Waals surface area contributed by atoms with Gasteiger partial charge in [-0.05, 0) is 44.6 Å². The Labute approximate surface area is 182 Å². The first-order valence-corrected chi connectivity index (χ1v) is 10.5. The molecule has 9 heteroatoms. The van der Waals surface area contributed by atoms with Gasteiger partial charge in [-0.1, -0.05) is 26.0 Å². The van der Waals surface area contributed by atoms with Gasteiger partial charge >= 0.3 is 0 Å². The Morgan fingerprint density at radius 3 is 2.68 bits per heavy atom. The molecule has 1 atom stereocenters. The summed E-state index contributed by atoms with van der Waals surface area (Å²) in [4.78, 5) is 23.7. The van der Waals surface area contributed by atoms with Gasteiger partial charge in [-0.25, -0.2) is 4.98 Å². The Balaban J connectivity index is 1.77. The molecule has 0 aliphatic carbocycles. The predicted molar refractivity (Wildman–Crippen MR) is 120 cm³/mol. The van der Waals surface area contributed by atoms with E-state index < -0.39 is 0 Å². The van der Waals surface area contributed by atoms with Gasteiger partial charge in [0.25, 0.3) is 5.78 Å². The zero-order chi connectivity index (χ0) is 22.5. The van der Waals surface area contributed by atoms with E-state index in [4.69, 9.17) is 10.5 Å². The van der Waals surface area contributed by atoms with Gasteiger partial charge in [0.15, 0.2) is 0 Å². The smallest absolute Gasteiger partial charge is 0.254 e. The van der Waals surface area contributed by atoms with E-state index in [1.807, 2.05) is 32.0 Å². The number of nitrogens with zero attached hydrogens (tertiary/aromatic N) is 5. The second kappa shape index (κ2) is 9.74. The molecule has 2 heterocycles. The minimum absolute atomic E-state index is 0.0481. The number of aromatic nitrogens is 4. The number of nitrogen functional groups attached to an aromatic ring is 1.